The Bertz CT molecular complexity index is 439. The number of nitrogens with one attached hydrogen (secondary N) is 1. The molecule has 5 heteroatoms. The SMILES string of the molecule is CNC1CCCCC1Cc1nc(C(OC)C(C)(C)C)no1. The van der Waals surface area contributed by atoms with Crippen molar-refractivity contribution in [1.82, 2.24) is 15.5 Å². The van der Waals surface area contributed by atoms with E-state index in [1.807, 2.05) is 7.05 Å². The molecule has 1 aromatic heterocycles. The van der Waals surface area contributed by atoms with Gasteiger partial charge in [0.15, 0.2) is 0 Å². The summed E-state index contributed by atoms with van der Waals surface area (Å²) in [5.41, 5.74) is -0.0474. The molecular formula is C16H29N3O2. The van der Waals surface area contributed by atoms with Crippen LogP contribution in [0, 0.1) is 11.3 Å². The van der Waals surface area contributed by atoms with E-state index in [0.29, 0.717) is 17.8 Å². The standard InChI is InChI=1S/C16H29N3O2/c1-16(2,3)14(20-5)15-18-13(21-19-15)10-11-8-6-7-9-12(11)17-4/h11-12,14,17H,6-10H2,1-5H3. The third kappa shape index (κ3) is 4.04. The predicted octanol–water partition coefficient (Wildman–Crippen LogP) is 3.12. The minimum atomic E-state index is -0.138. The van der Waals surface area contributed by atoms with Gasteiger partial charge in [0.2, 0.25) is 11.7 Å². The van der Waals surface area contributed by atoms with Crippen LogP contribution in [0.1, 0.15) is 64.3 Å². The molecule has 1 aliphatic carbocycles. The summed E-state index contributed by atoms with van der Waals surface area (Å²) in [6.45, 7) is 6.36. The van der Waals surface area contributed by atoms with E-state index in [-0.39, 0.29) is 11.5 Å². The number of ether oxygens (including phenoxy) is 1. The Morgan fingerprint density at radius 1 is 1.33 bits per heavy atom. The predicted molar refractivity (Wildman–Crippen MR) is 82.0 cm³/mol. The lowest BCUT2D eigenvalue weighted by atomic mass is 9.82. The Kier molecular flexibility index (Phi) is 5.38. The summed E-state index contributed by atoms with van der Waals surface area (Å²) in [7, 11) is 3.74. The number of aromatic nitrogens is 2. The van der Waals surface area contributed by atoms with Gasteiger partial charge in [0.1, 0.15) is 6.10 Å². The molecule has 1 fully saturated rings. The molecule has 3 unspecified atom stereocenters. The molecule has 1 N–H and O–H groups in total. The van der Waals surface area contributed by atoms with E-state index >= 15 is 0 Å². The minimum Gasteiger partial charge on any atom is -0.373 e. The number of methoxy groups -OCH3 is 1. The first-order valence-electron chi connectivity index (χ1n) is 7.98. The number of hydrogen-bond donors (Lipinski definition) is 1. The van der Waals surface area contributed by atoms with Gasteiger partial charge in [-0.3, -0.25) is 0 Å². The number of hydrogen-bond acceptors (Lipinski definition) is 5. The van der Waals surface area contributed by atoms with Gasteiger partial charge in [-0.1, -0.05) is 38.8 Å². The minimum absolute atomic E-state index is 0.0474. The molecule has 0 amide bonds. The molecule has 3 atom stereocenters. The van der Waals surface area contributed by atoms with E-state index in [1.54, 1.807) is 7.11 Å². The topological polar surface area (TPSA) is 60.2 Å². The maximum absolute atomic E-state index is 5.55. The molecule has 1 heterocycles. The zero-order valence-corrected chi connectivity index (χ0v) is 14.0. The van der Waals surface area contributed by atoms with Crippen LogP contribution < -0.4 is 5.32 Å². The lowest BCUT2D eigenvalue weighted by Gasteiger charge is -2.30. The van der Waals surface area contributed by atoms with Crippen molar-refractivity contribution < 1.29 is 9.26 Å². The van der Waals surface area contributed by atoms with E-state index < -0.39 is 0 Å². The average Bonchev–Trinajstić information content (AvgIpc) is 2.86. The van der Waals surface area contributed by atoms with Gasteiger partial charge < -0.3 is 14.6 Å². The second-order valence-electron chi connectivity index (χ2n) is 7.17. The molecule has 0 saturated heterocycles. The van der Waals surface area contributed by atoms with Crippen molar-refractivity contribution >= 4 is 0 Å². The Morgan fingerprint density at radius 2 is 2.05 bits per heavy atom. The number of nitrogens with zero attached hydrogens (tertiary/aromatic N) is 2. The van der Waals surface area contributed by atoms with E-state index in [2.05, 4.69) is 36.2 Å². The molecule has 0 aromatic carbocycles. The molecule has 5 nitrogen and oxygen atoms in total. The molecule has 0 aliphatic heterocycles. The van der Waals surface area contributed by atoms with Crippen LogP contribution in [0.4, 0.5) is 0 Å². The van der Waals surface area contributed by atoms with E-state index in [0.717, 1.165) is 12.3 Å². The van der Waals surface area contributed by atoms with Gasteiger partial charge in [0.25, 0.3) is 0 Å². The van der Waals surface area contributed by atoms with Crippen molar-refractivity contribution in [1.29, 1.82) is 0 Å². The van der Waals surface area contributed by atoms with Gasteiger partial charge in [0.05, 0.1) is 0 Å². The molecule has 2 rings (SSSR count). The lowest BCUT2D eigenvalue weighted by molar-refractivity contribution is 0.00718. The second-order valence-corrected chi connectivity index (χ2v) is 7.17. The molecule has 0 radical (unpaired) electrons. The first kappa shape index (κ1) is 16.4. The van der Waals surface area contributed by atoms with Crippen molar-refractivity contribution in [3.8, 4) is 0 Å². The number of rotatable bonds is 5. The maximum Gasteiger partial charge on any atom is 0.227 e. The maximum atomic E-state index is 5.55. The summed E-state index contributed by atoms with van der Waals surface area (Å²) in [4.78, 5) is 4.58. The third-order valence-corrected chi connectivity index (χ3v) is 4.46. The highest BCUT2D eigenvalue weighted by molar-refractivity contribution is 4.98. The molecule has 1 saturated carbocycles. The second kappa shape index (κ2) is 6.88. The van der Waals surface area contributed by atoms with Gasteiger partial charge in [-0.25, -0.2) is 0 Å². The van der Waals surface area contributed by atoms with Gasteiger partial charge in [0, 0.05) is 19.6 Å². The Labute approximate surface area is 127 Å². The fraction of sp³-hybridized carbons (Fsp3) is 0.875. The zero-order chi connectivity index (χ0) is 15.5. The monoisotopic (exact) mass is 295 g/mol. The van der Waals surface area contributed by atoms with Crippen molar-refractivity contribution in [2.24, 2.45) is 11.3 Å². The summed E-state index contributed by atoms with van der Waals surface area (Å²) in [5.74, 6) is 1.99. The van der Waals surface area contributed by atoms with Crippen molar-refractivity contribution in [3.63, 3.8) is 0 Å². The molecule has 120 valence electrons. The first-order chi connectivity index (χ1) is 9.95. The van der Waals surface area contributed by atoms with Crippen molar-refractivity contribution in [3.05, 3.63) is 11.7 Å². The van der Waals surface area contributed by atoms with E-state index in [9.17, 15) is 0 Å². The molecule has 21 heavy (non-hydrogen) atoms. The smallest absolute Gasteiger partial charge is 0.227 e. The summed E-state index contributed by atoms with van der Waals surface area (Å²) in [6, 6.07) is 0.565. The fourth-order valence-corrected chi connectivity index (χ4v) is 3.36. The third-order valence-electron chi connectivity index (χ3n) is 4.46. The molecule has 1 aromatic rings. The largest absolute Gasteiger partial charge is 0.373 e. The highest BCUT2D eigenvalue weighted by atomic mass is 16.5. The highest BCUT2D eigenvalue weighted by Gasteiger charge is 2.31. The zero-order valence-electron chi connectivity index (χ0n) is 14.0. The molecule has 0 spiro atoms. The van der Waals surface area contributed by atoms with Crippen LogP contribution in [-0.4, -0.2) is 30.3 Å². The van der Waals surface area contributed by atoms with Crippen LogP contribution in [0.15, 0.2) is 4.52 Å². The van der Waals surface area contributed by atoms with Crippen molar-refractivity contribution in [2.75, 3.05) is 14.2 Å². The van der Waals surface area contributed by atoms with Crippen LogP contribution in [0.3, 0.4) is 0 Å². The van der Waals surface area contributed by atoms with Crippen LogP contribution in [0.2, 0.25) is 0 Å². The van der Waals surface area contributed by atoms with Crippen LogP contribution >= 0.6 is 0 Å². The lowest BCUT2D eigenvalue weighted by Crippen LogP contribution is -2.37. The average molecular weight is 295 g/mol. The first-order valence-corrected chi connectivity index (χ1v) is 7.98. The van der Waals surface area contributed by atoms with Gasteiger partial charge in [-0.05, 0) is 31.2 Å². The highest BCUT2D eigenvalue weighted by Crippen LogP contribution is 2.34. The quantitative estimate of drug-likeness (QED) is 0.904. The van der Waals surface area contributed by atoms with Crippen molar-refractivity contribution in [2.45, 2.75) is 65.0 Å². The van der Waals surface area contributed by atoms with Gasteiger partial charge >= 0.3 is 0 Å². The van der Waals surface area contributed by atoms with Gasteiger partial charge in [-0.15, -0.1) is 0 Å². The summed E-state index contributed by atoms with van der Waals surface area (Å²) in [6.07, 6.45) is 5.81. The van der Waals surface area contributed by atoms with Crippen LogP contribution in [-0.2, 0) is 11.2 Å². The Balaban J connectivity index is 2.05. The molecular weight excluding hydrogens is 266 g/mol. The normalized spacial score (nSPS) is 25.0. The van der Waals surface area contributed by atoms with Crippen LogP contribution in [0.5, 0.6) is 0 Å². The Morgan fingerprint density at radius 3 is 2.67 bits per heavy atom. The Hall–Kier alpha value is -0.940. The summed E-state index contributed by atoms with van der Waals surface area (Å²) >= 11 is 0. The van der Waals surface area contributed by atoms with Gasteiger partial charge in [-0.2, -0.15) is 4.98 Å². The van der Waals surface area contributed by atoms with E-state index in [4.69, 9.17) is 9.26 Å². The fourth-order valence-electron chi connectivity index (χ4n) is 3.36. The molecule has 1 aliphatic rings. The van der Waals surface area contributed by atoms with Crippen LogP contribution in [0.25, 0.3) is 0 Å². The van der Waals surface area contributed by atoms with E-state index in [1.165, 1.54) is 25.7 Å². The summed E-state index contributed by atoms with van der Waals surface area (Å²) in [5, 5.41) is 7.56. The molecule has 0 bridgehead atoms. The summed E-state index contributed by atoms with van der Waals surface area (Å²) < 4.78 is 11.0.